The Morgan fingerprint density at radius 3 is 2.39 bits per heavy atom. The lowest BCUT2D eigenvalue weighted by Gasteiger charge is -2.30. The summed E-state index contributed by atoms with van der Waals surface area (Å²) in [6.45, 7) is 8.00. The molecule has 0 radical (unpaired) electrons. The molecule has 2 amide bonds. The van der Waals surface area contributed by atoms with Crippen molar-refractivity contribution in [3.05, 3.63) is 58.7 Å². The number of hydrogen-bond acceptors (Lipinski definition) is 4. The molecule has 0 spiro atoms. The van der Waals surface area contributed by atoms with Crippen molar-refractivity contribution >= 4 is 11.8 Å². The molecule has 1 aliphatic rings. The summed E-state index contributed by atoms with van der Waals surface area (Å²) < 4.78 is 11.2. The maximum absolute atomic E-state index is 13.3. The van der Waals surface area contributed by atoms with Gasteiger partial charge in [0, 0.05) is 12.6 Å². The Morgan fingerprint density at radius 1 is 1.09 bits per heavy atom. The maximum atomic E-state index is 13.3. The number of methoxy groups -OCH3 is 1. The topological polar surface area (TPSA) is 67.9 Å². The molecule has 1 saturated carbocycles. The van der Waals surface area contributed by atoms with Crippen molar-refractivity contribution in [2.45, 2.75) is 72.0 Å². The van der Waals surface area contributed by atoms with Gasteiger partial charge >= 0.3 is 0 Å². The van der Waals surface area contributed by atoms with E-state index in [2.05, 4.69) is 11.4 Å². The smallest absolute Gasteiger partial charge is 0.261 e. The molecule has 178 valence electrons. The summed E-state index contributed by atoms with van der Waals surface area (Å²) in [4.78, 5) is 27.9. The van der Waals surface area contributed by atoms with E-state index < -0.39 is 6.04 Å². The van der Waals surface area contributed by atoms with Gasteiger partial charge in [0.25, 0.3) is 5.91 Å². The zero-order chi connectivity index (χ0) is 24.0. The molecular weight excluding hydrogens is 416 g/mol. The SMILES string of the molecule is COc1ccc(CN(C(=O)COc2cc(C)cc(C)c2C)[C@H](C)C(=O)NC2CCCC2)cc1. The highest BCUT2D eigenvalue weighted by atomic mass is 16.5. The van der Waals surface area contributed by atoms with Crippen LogP contribution in [0.4, 0.5) is 0 Å². The zero-order valence-electron chi connectivity index (χ0n) is 20.4. The molecule has 1 atom stereocenters. The predicted molar refractivity (Wildman–Crippen MR) is 130 cm³/mol. The van der Waals surface area contributed by atoms with Gasteiger partial charge in [-0.25, -0.2) is 0 Å². The van der Waals surface area contributed by atoms with Gasteiger partial charge in [-0.05, 0) is 81.0 Å². The van der Waals surface area contributed by atoms with E-state index in [1.807, 2.05) is 51.1 Å². The Kier molecular flexibility index (Phi) is 8.37. The van der Waals surface area contributed by atoms with E-state index in [4.69, 9.17) is 9.47 Å². The first kappa shape index (κ1) is 24.6. The highest BCUT2D eigenvalue weighted by Crippen LogP contribution is 2.24. The normalized spacial score (nSPS) is 14.6. The van der Waals surface area contributed by atoms with Crippen LogP contribution in [-0.4, -0.2) is 42.5 Å². The molecule has 3 rings (SSSR count). The van der Waals surface area contributed by atoms with E-state index in [1.165, 1.54) is 0 Å². The van der Waals surface area contributed by atoms with Crippen LogP contribution in [0.3, 0.4) is 0 Å². The molecule has 0 bridgehead atoms. The highest BCUT2D eigenvalue weighted by molar-refractivity contribution is 5.88. The number of rotatable bonds is 9. The number of carbonyl (C=O) groups is 2. The van der Waals surface area contributed by atoms with Crippen LogP contribution in [0.2, 0.25) is 0 Å². The van der Waals surface area contributed by atoms with Gasteiger partial charge in [-0.3, -0.25) is 9.59 Å². The molecule has 2 aromatic rings. The number of ether oxygens (including phenoxy) is 2. The molecule has 6 heteroatoms. The summed E-state index contributed by atoms with van der Waals surface area (Å²) >= 11 is 0. The van der Waals surface area contributed by atoms with Crippen LogP contribution < -0.4 is 14.8 Å². The van der Waals surface area contributed by atoms with Gasteiger partial charge in [0.1, 0.15) is 17.5 Å². The summed E-state index contributed by atoms with van der Waals surface area (Å²) in [5.74, 6) is 1.11. The molecule has 1 aliphatic carbocycles. The fraction of sp³-hybridized carbons (Fsp3) is 0.481. The number of aryl methyl sites for hydroxylation is 2. The number of nitrogens with zero attached hydrogens (tertiary/aromatic N) is 1. The standard InChI is InChI=1S/C27H36N2O4/c1-18-14-19(2)20(3)25(15-18)33-17-26(30)29(16-22-10-12-24(32-5)13-11-22)21(4)27(31)28-23-8-6-7-9-23/h10-15,21,23H,6-9,16-17H2,1-5H3,(H,28,31)/t21-/m1/s1. The molecule has 2 aromatic carbocycles. The van der Waals surface area contributed by atoms with E-state index in [0.29, 0.717) is 12.3 Å². The van der Waals surface area contributed by atoms with E-state index in [9.17, 15) is 9.59 Å². The third kappa shape index (κ3) is 6.50. The van der Waals surface area contributed by atoms with Crippen molar-refractivity contribution in [2.24, 2.45) is 0 Å². The quantitative estimate of drug-likeness (QED) is 0.609. The molecule has 1 N–H and O–H groups in total. The third-order valence-electron chi connectivity index (χ3n) is 6.50. The van der Waals surface area contributed by atoms with Gasteiger partial charge in [-0.15, -0.1) is 0 Å². The van der Waals surface area contributed by atoms with Gasteiger partial charge in [0.2, 0.25) is 5.91 Å². The maximum Gasteiger partial charge on any atom is 0.261 e. The highest BCUT2D eigenvalue weighted by Gasteiger charge is 2.29. The van der Waals surface area contributed by atoms with Gasteiger partial charge < -0.3 is 19.7 Å². The lowest BCUT2D eigenvalue weighted by atomic mass is 10.1. The minimum atomic E-state index is -0.607. The minimum Gasteiger partial charge on any atom is -0.497 e. The van der Waals surface area contributed by atoms with Gasteiger partial charge in [-0.1, -0.05) is 31.0 Å². The molecule has 0 saturated heterocycles. The van der Waals surface area contributed by atoms with E-state index >= 15 is 0 Å². The Bertz CT molecular complexity index is 965. The van der Waals surface area contributed by atoms with Crippen LogP contribution in [0.15, 0.2) is 36.4 Å². The Hall–Kier alpha value is -3.02. The molecule has 1 fully saturated rings. The van der Waals surface area contributed by atoms with E-state index in [-0.39, 0.29) is 24.5 Å². The van der Waals surface area contributed by atoms with Crippen LogP contribution in [0.5, 0.6) is 11.5 Å². The molecular formula is C27H36N2O4. The number of nitrogens with one attached hydrogen (secondary N) is 1. The number of benzene rings is 2. The molecule has 0 aliphatic heterocycles. The van der Waals surface area contributed by atoms with Crippen LogP contribution >= 0.6 is 0 Å². The number of hydrogen-bond donors (Lipinski definition) is 1. The first-order valence-corrected chi connectivity index (χ1v) is 11.7. The van der Waals surface area contributed by atoms with E-state index in [0.717, 1.165) is 53.7 Å². The third-order valence-corrected chi connectivity index (χ3v) is 6.50. The fourth-order valence-electron chi connectivity index (χ4n) is 4.28. The number of carbonyl (C=O) groups excluding carboxylic acids is 2. The first-order valence-electron chi connectivity index (χ1n) is 11.7. The second kappa shape index (κ2) is 11.2. The summed E-state index contributed by atoms with van der Waals surface area (Å²) in [5.41, 5.74) is 4.14. The summed E-state index contributed by atoms with van der Waals surface area (Å²) in [6.07, 6.45) is 4.27. The molecule has 33 heavy (non-hydrogen) atoms. The monoisotopic (exact) mass is 452 g/mol. The van der Waals surface area contributed by atoms with Gasteiger partial charge in [0.15, 0.2) is 6.61 Å². The average Bonchev–Trinajstić information content (AvgIpc) is 3.31. The van der Waals surface area contributed by atoms with Crippen molar-refractivity contribution in [1.82, 2.24) is 10.2 Å². The van der Waals surface area contributed by atoms with Crippen molar-refractivity contribution in [3.8, 4) is 11.5 Å². The van der Waals surface area contributed by atoms with Crippen LogP contribution in [0.1, 0.15) is 54.9 Å². The lowest BCUT2D eigenvalue weighted by Crippen LogP contribution is -2.50. The Labute approximate surface area is 197 Å². The zero-order valence-corrected chi connectivity index (χ0v) is 20.4. The van der Waals surface area contributed by atoms with Crippen LogP contribution in [0.25, 0.3) is 0 Å². The van der Waals surface area contributed by atoms with E-state index in [1.54, 1.807) is 18.9 Å². The van der Waals surface area contributed by atoms with Gasteiger partial charge in [-0.2, -0.15) is 0 Å². The molecule has 6 nitrogen and oxygen atoms in total. The second-order valence-corrected chi connectivity index (χ2v) is 9.03. The predicted octanol–water partition coefficient (Wildman–Crippen LogP) is 4.48. The van der Waals surface area contributed by atoms with Crippen LogP contribution in [0, 0.1) is 20.8 Å². The van der Waals surface area contributed by atoms with Crippen molar-refractivity contribution < 1.29 is 19.1 Å². The average molecular weight is 453 g/mol. The first-order chi connectivity index (χ1) is 15.8. The van der Waals surface area contributed by atoms with Crippen molar-refractivity contribution in [1.29, 1.82) is 0 Å². The number of amides is 2. The van der Waals surface area contributed by atoms with Gasteiger partial charge in [0.05, 0.1) is 7.11 Å². The Balaban J connectivity index is 1.75. The summed E-state index contributed by atoms with van der Waals surface area (Å²) in [5, 5.41) is 3.12. The molecule has 0 heterocycles. The largest absolute Gasteiger partial charge is 0.497 e. The van der Waals surface area contributed by atoms with Crippen molar-refractivity contribution in [2.75, 3.05) is 13.7 Å². The van der Waals surface area contributed by atoms with Crippen molar-refractivity contribution in [3.63, 3.8) is 0 Å². The molecule has 0 aromatic heterocycles. The fourth-order valence-corrected chi connectivity index (χ4v) is 4.28. The van der Waals surface area contributed by atoms with Crippen LogP contribution in [-0.2, 0) is 16.1 Å². The lowest BCUT2D eigenvalue weighted by molar-refractivity contribution is -0.142. The second-order valence-electron chi connectivity index (χ2n) is 9.03. The Morgan fingerprint density at radius 2 is 1.76 bits per heavy atom. The minimum absolute atomic E-state index is 0.119. The summed E-state index contributed by atoms with van der Waals surface area (Å²) in [6, 6.07) is 11.2. The summed E-state index contributed by atoms with van der Waals surface area (Å²) in [7, 11) is 1.62. The molecule has 0 unspecified atom stereocenters.